The van der Waals surface area contributed by atoms with Gasteiger partial charge in [0.1, 0.15) is 12.4 Å². The Morgan fingerprint density at radius 2 is 2.00 bits per heavy atom. The number of aromatic nitrogens is 3. The molecule has 0 unspecified atom stereocenters. The van der Waals surface area contributed by atoms with Gasteiger partial charge in [-0.25, -0.2) is 9.97 Å². The summed E-state index contributed by atoms with van der Waals surface area (Å²) in [6, 6.07) is 3.27. The first-order valence-electron chi connectivity index (χ1n) is 7.95. The van der Waals surface area contributed by atoms with E-state index in [0.717, 1.165) is 6.92 Å². The van der Waals surface area contributed by atoms with Crippen LogP contribution in [0.5, 0.6) is 5.75 Å². The second-order valence-electron chi connectivity index (χ2n) is 5.87. The van der Waals surface area contributed by atoms with Crippen LogP contribution in [0.2, 0.25) is 0 Å². The third kappa shape index (κ3) is 5.90. The first-order valence-corrected chi connectivity index (χ1v) is 7.95. The van der Waals surface area contributed by atoms with Crippen LogP contribution < -0.4 is 10.1 Å². The van der Waals surface area contributed by atoms with Gasteiger partial charge in [-0.15, -0.1) is 0 Å². The Morgan fingerprint density at radius 3 is 2.68 bits per heavy atom. The minimum atomic E-state index is -3.12. The number of hydrogen-bond donors (Lipinski definition) is 1. The van der Waals surface area contributed by atoms with Gasteiger partial charge in [0.05, 0.1) is 24.6 Å². The molecule has 0 fully saturated rings. The van der Waals surface area contributed by atoms with Crippen molar-refractivity contribution in [2.45, 2.75) is 39.7 Å². The molecule has 6 nitrogen and oxygen atoms in total. The molecule has 2 rings (SSSR count). The second kappa shape index (κ2) is 8.15. The summed E-state index contributed by atoms with van der Waals surface area (Å²) in [6.07, 6.45) is 3.23. The number of alkyl halides is 2. The summed E-state index contributed by atoms with van der Waals surface area (Å²) in [6.45, 7) is 7.06. The van der Waals surface area contributed by atoms with E-state index in [0.29, 0.717) is 30.3 Å². The van der Waals surface area contributed by atoms with Gasteiger partial charge in [-0.3, -0.25) is 4.98 Å². The maximum absolute atomic E-state index is 13.5. The molecule has 0 aliphatic carbocycles. The Bertz CT molecular complexity index is 705. The van der Waals surface area contributed by atoms with Gasteiger partial charge < -0.3 is 14.8 Å². The lowest BCUT2D eigenvalue weighted by molar-refractivity contribution is 0.00766. The molecule has 0 aromatic carbocycles. The van der Waals surface area contributed by atoms with Gasteiger partial charge in [0, 0.05) is 24.9 Å². The fourth-order valence-electron chi connectivity index (χ4n) is 2.00. The molecule has 0 atom stereocenters. The van der Waals surface area contributed by atoms with Crippen molar-refractivity contribution in [1.29, 1.82) is 0 Å². The molecule has 2 aromatic heterocycles. The lowest BCUT2D eigenvalue weighted by Crippen LogP contribution is -2.15. The van der Waals surface area contributed by atoms with E-state index in [9.17, 15) is 8.78 Å². The van der Waals surface area contributed by atoms with E-state index in [1.807, 2.05) is 13.8 Å². The predicted molar refractivity (Wildman–Crippen MR) is 90.4 cm³/mol. The minimum absolute atomic E-state index is 0.119. The first-order chi connectivity index (χ1) is 11.8. The molecule has 136 valence electrons. The summed E-state index contributed by atoms with van der Waals surface area (Å²) in [5.74, 6) is -2.90. The van der Waals surface area contributed by atoms with Crippen molar-refractivity contribution >= 4 is 11.5 Å². The SMILES string of the molecule is Cc1cc(Nc2ccncc2OCCOC(C)C)nc(C(C)(F)F)n1. The number of ether oxygens (including phenoxy) is 2. The monoisotopic (exact) mass is 352 g/mol. The molecule has 0 radical (unpaired) electrons. The zero-order valence-electron chi connectivity index (χ0n) is 14.7. The van der Waals surface area contributed by atoms with E-state index >= 15 is 0 Å². The van der Waals surface area contributed by atoms with Gasteiger partial charge in [-0.1, -0.05) is 0 Å². The predicted octanol–water partition coefficient (Wildman–Crippen LogP) is 3.84. The number of anilines is 2. The molecule has 8 heteroatoms. The second-order valence-corrected chi connectivity index (χ2v) is 5.87. The highest BCUT2D eigenvalue weighted by atomic mass is 19.3. The molecular weight excluding hydrogens is 330 g/mol. The number of hydrogen-bond acceptors (Lipinski definition) is 6. The van der Waals surface area contributed by atoms with Gasteiger partial charge in [-0.05, 0) is 26.8 Å². The molecule has 0 aliphatic rings. The van der Waals surface area contributed by atoms with Gasteiger partial charge in [0.2, 0.25) is 5.82 Å². The number of nitrogens with one attached hydrogen (secondary N) is 1. The van der Waals surface area contributed by atoms with E-state index in [1.54, 1.807) is 31.5 Å². The van der Waals surface area contributed by atoms with Crippen LogP contribution in [0.4, 0.5) is 20.3 Å². The fourth-order valence-corrected chi connectivity index (χ4v) is 2.00. The Kier molecular flexibility index (Phi) is 6.19. The third-order valence-corrected chi connectivity index (χ3v) is 3.09. The number of aryl methyl sites for hydroxylation is 1. The molecule has 0 saturated carbocycles. The molecule has 0 amide bonds. The van der Waals surface area contributed by atoms with Crippen molar-refractivity contribution in [3.63, 3.8) is 0 Å². The summed E-state index contributed by atoms with van der Waals surface area (Å²) in [4.78, 5) is 11.7. The van der Waals surface area contributed by atoms with Gasteiger partial charge >= 0.3 is 5.92 Å². The Labute approximate surface area is 145 Å². The Balaban J connectivity index is 2.14. The molecule has 1 N–H and O–H groups in total. The molecule has 0 spiro atoms. The van der Waals surface area contributed by atoms with Gasteiger partial charge in [0.15, 0.2) is 5.75 Å². The highest BCUT2D eigenvalue weighted by molar-refractivity contribution is 5.63. The molecule has 2 heterocycles. The fraction of sp³-hybridized carbons (Fsp3) is 0.471. The average Bonchev–Trinajstić information content (AvgIpc) is 2.51. The zero-order chi connectivity index (χ0) is 18.4. The normalized spacial score (nSPS) is 11.6. The molecule has 0 bridgehead atoms. The standard InChI is InChI=1S/C17H22F2N4O2/c1-11(2)24-7-8-25-14-10-20-6-5-13(14)22-15-9-12(3)21-16(23-15)17(4,18)19/h5-6,9-11H,7-8H2,1-4H3,(H,20,21,22,23). The smallest absolute Gasteiger partial charge is 0.303 e. The maximum atomic E-state index is 13.5. The molecule has 0 saturated heterocycles. The van der Waals surface area contributed by atoms with E-state index in [1.165, 1.54) is 0 Å². The Morgan fingerprint density at radius 1 is 1.24 bits per heavy atom. The van der Waals surface area contributed by atoms with Gasteiger partial charge in [-0.2, -0.15) is 8.78 Å². The van der Waals surface area contributed by atoms with Crippen molar-refractivity contribution < 1.29 is 18.3 Å². The quantitative estimate of drug-likeness (QED) is 0.728. The lowest BCUT2D eigenvalue weighted by atomic mass is 10.3. The van der Waals surface area contributed by atoms with Crippen LogP contribution in [0.15, 0.2) is 24.5 Å². The van der Waals surface area contributed by atoms with Crippen LogP contribution in [0, 0.1) is 6.92 Å². The van der Waals surface area contributed by atoms with E-state index in [-0.39, 0.29) is 11.9 Å². The summed E-state index contributed by atoms with van der Waals surface area (Å²) in [5, 5.41) is 2.99. The van der Waals surface area contributed by atoms with E-state index in [2.05, 4.69) is 20.3 Å². The molecule has 25 heavy (non-hydrogen) atoms. The molecule has 2 aromatic rings. The van der Waals surface area contributed by atoms with Crippen LogP contribution in [-0.2, 0) is 10.7 Å². The van der Waals surface area contributed by atoms with E-state index < -0.39 is 11.7 Å². The van der Waals surface area contributed by atoms with Crippen LogP contribution in [0.25, 0.3) is 0 Å². The van der Waals surface area contributed by atoms with Gasteiger partial charge in [0.25, 0.3) is 0 Å². The number of rotatable bonds is 8. The minimum Gasteiger partial charge on any atom is -0.487 e. The van der Waals surface area contributed by atoms with E-state index in [4.69, 9.17) is 9.47 Å². The van der Waals surface area contributed by atoms with Crippen molar-refractivity contribution in [2.24, 2.45) is 0 Å². The number of nitrogens with zero attached hydrogens (tertiary/aromatic N) is 3. The van der Waals surface area contributed by atoms with Crippen molar-refractivity contribution in [3.05, 3.63) is 36.0 Å². The largest absolute Gasteiger partial charge is 0.487 e. The summed E-state index contributed by atoms with van der Waals surface area (Å²) >= 11 is 0. The maximum Gasteiger partial charge on any atom is 0.303 e. The summed E-state index contributed by atoms with van der Waals surface area (Å²) in [5.41, 5.74) is 1.01. The van der Waals surface area contributed by atoms with Crippen LogP contribution >= 0.6 is 0 Å². The average molecular weight is 352 g/mol. The van der Waals surface area contributed by atoms with Crippen LogP contribution in [-0.4, -0.2) is 34.3 Å². The summed E-state index contributed by atoms with van der Waals surface area (Å²) in [7, 11) is 0. The molecule has 0 aliphatic heterocycles. The Hall–Kier alpha value is -2.35. The lowest BCUT2D eigenvalue weighted by Gasteiger charge is -2.15. The van der Waals surface area contributed by atoms with Crippen LogP contribution in [0.1, 0.15) is 32.3 Å². The third-order valence-electron chi connectivity index (χ3n) is 3.09. The topological polar surface area (TPSA) is 69.2 Å². The number of halogens is 2. The van der Waals surface area contributed by atoms with Crippen molar-refractivity contribution in [1.82, 2.24) is 15.0 Å². The summed E-state index contributed by atoms with van der Waals surface area (Å²) < 4.78 is 38.1. The number of pyridine rings is 1. The zero-order valence-corrected chi connectivity index (χ0v) is 14.7. The van der Waals surface area contributed by atoms with Crippen molar-refractivity contribution in [3.8, 4) is 5.75 Å². The van der Waals surface area contributed by atoms with Crippen LogP contribution in [0.3, 0.4) is 0 Å². The molecular formula is C17H22F2N4O2. The first kappa shape index (κ1) is 19.0. The highest BCUT2D eigenvalue weighted by Crippen LogP contribution is 2.28. The highest BCUT2D eigenvalue weighted by Gasteiger charge is 2.29. The van der Waals surface area contributed by atoms with Crippen molar-refractivity contribution in [2.75, 3.05) is 18.5 Å².